The van der Waals surface area contributed by atoms with Gasteiger partial charge in [0, 0.05) is 56.7 Å². The molecule has 1 fully saturated rings. The van der Waals surface area contributed by atoms with Crippen molar-refractivity contribution in [3.05, 3.63) is 72.4 Å². The second-order valence-electron chi connectivity index (χ2n) is 8.65. The average Bonchev–Trinajstić information content (AvgIpc) is 3.53. The number of anilines is 1. The molecule has 9 heteroatoms. The van der Waals surface area contributed by atoms with Gasteiger partial charge in [-0.3, -0.25) is 0 Å². The number of aryl methyl sites for hydroxylation is 2. The van der Waals surface area contributed by atoms with Gasteiger partial charge in [-0.15, -0.1) is 0 Å². The Morgan fingerprint density at radius 2 is 1.91 bits per heavy atom. The van der Waals surface area contributed by atoms with Gasteiger partial charge in [0.2, 0.25) is 10.0 Å². The van der Waals surface area contributed by atoms with E-state index in [0.29, 0.717) is 11.4 Å². The highest BCUT2D eigenvalue weighted by molar-refractivity contribution is 7.89. The van der Waals surface area contributed by atoms with Crippen molar-refractivity contribution in [2.24, 2.45) is 7.05 Å². The van der Waals surface area contributed by atoms with Crippen LogP contribution in [0.5, 0.6) is 0 Å². The summed E-state index contributed by atoms with van der Waals surface area (Å²) in [5, 5.41) is 5.48. The summed E-state index contributed by atoms with van der Waals surface area (Å²) >= 11 is 0. The second kappa shape index (κ2) is 8.00. The number of benzene rings is 2. The smallest absolute Gasteiger partial charge is 0.244 e. The molecule has 172 valence electrons. The SMILES string of the molecule is Cc1cc2c(cnn2-c2ccc(F)cc2)cc1N1CC[C@H](N(C)S(=O)(=O)c2ccn(C)c2)C1. The molecule has 2 aromatic carbocycles. The summed E-state index contributed by atoms with van der Waals surface area (Å²) in [6.07, 6.45) is 5.94. The van der Waals surface area contributed by atoms with E-state index in [1.807, 2.05) is 7.05 Å². The number of likely N-dealkylation sites (N-methyl/N-ethyl adjacent to an activating group) is 1. The highest BCUT2D eigenvalue weighted by atomic mass is 32.2. The molecule has 0 aliphatic carbocycles. The fourth-order valence-electron chi connectivity index (χ4n) is 4.55. The highest BCUT2D eigenvalue weighted by Gasteiger charge is 2.34. The van der Waals surface area contributed by atoms with Gasteiger partial charge in [0.25, 0.3) is 0 Å². The van der Waals surface area contributed by atoms with Gasteiger partial charge in [-0.2, -0.15) is 9.40 Å². The lowest BCUT2D eigenvalue weighted by Crippen LogP contribution is -2.39. The fourth-order valence-corrected chi connectivity index (χ4v) is 5.97. The first-order valence-corrected chi connectivity index (χ1v) is 12.3. The third kappa shape index (κ3) is 3.81. The molecule has 2 aromatic heterocycles. The molecule has 0 spiro atoms. The maximum absolute atomic E-state index is 13.3. The Bertz CT molecular complexity index is 1430. The molecule has 0 amide bonds. The Kier molecular flexibility index (Phi) is 5.25. The molecule has 33 heavy (non-hydrogen) atoms. The molecule has 0 radical (unpaired) electrons. The van der Waals surface area contributed by atoms with Crippen molar-refractivity contribution < 1.29 is 12.8 Å². The van der Waals surface area contributed by atoms with Crippen LogP contribution in [0.15, 0.2) is 66.0 Å². The molecule has 0 saturated carbocycles. The topological polar surface area (TPSA) is 63.4 Å². The number of hydrogen-bond acceptors (Lipinski definition) is 4. The summed E-state index contributed by atoms with van der Waals surface area (Å²) in [6.45, 7) is 3.45. The number of hydrogen-bond donors (Lipinski definition) is 0. The Balaban J connectivity index is 1.40. The van der Waals surface area contributed by atoms with Gasteiger partial charge in [-0.1, -0.05) is 0 Å². The van der Waals surface area contributed by atoms with Gasteiger partial charge in [0.1, 0.15) is 5.82 Å². The van der Waals surface area contributed by atoms with Crippen molar-refractivity contribution in [1.29, 1.82) is 0 Å². The van der Waals surface area contributed by atoms with Crippen LogP contribution < -0.4 is 4.90 Å². The van der Waals surface area contributed by atoms with Crippen LogP contribution in [0.1, 0.15) is 12.0 Å². The third-order valence-corrected chi connectivity index (χ3v) is 8.35. The summed E-state index contributed by atoms with van der Waals surface area (Å²) in [5.41, 5.74) is 3.91. The number of fused-ring (bicyclic) bond motifs is 1. The van der Waals surface area contributed by atoms with E-state index >= 15 is 0 Å². The van der Waals surface area contributed by atoms with Crippen LogP contribution in [0.4, 0.5) is 10.1 Å². The lowest BCUT2D eigenvalue weighted by molar-refractivity contribution is 0.390. The maximum atomic E-state index is 13.3. The molecule has 1 aliphatic rings. The van der Waals surface area contributed by atoms with Gasteiger partial charge >= 0.3 is 0 Å². The molecule has 1 atom stereocenters. The van der Waals surface area contributed by atoms with Crippen molar-refractivity contribution in [3.8, 4) is 5.69 Å². The number of halogens is 1. The van der Waals surface area contributed by atoms with Gasteiger partial charge in [-0.25, -0.2) is 17.5 Å². The van der Waals surface area contributed by atoms with Crippen molar-refractivity contribution in [1.82, 2.24) is 18.7 Å². The fraction of sp³-hybridized carbons (Fsp3) is 0.292. The Morgan fingerprint density at radius 1 is 1.15 bits per heavy atom. The lowest BCUT2D eigenvalue weighted by Gasteiger charge is -2.25. The Hall–Kier alpha value is -3.17. The van der Waals surface area contributed by atoms with Crippen molar-refractivity contribution in [3.63, 3.8) is 0 Å². The van der Waals surface area contributed by atoms with Gasteiger partial charge < -0.3 is 9.47 Å². The summed E-state index contributed by atoms with van der Waals surface area (Å²) in [4.78, 5) is 2.56. The van der Waals surface area contributed by atoms with Crippen LogP contribution in [0.3, 0.4) is 0 Å². The molecule has 0 unspecified atom stereocenters. The summed E-state index contributed by atoms with van der Waals surface area (Å²) < 4.78 is 44.4. The number of aromatic nitrogens is 3. The molecule has 0 bridgehead atoms. The minimum absolute atomic E-state index is 0.104. The Labute approximate surface area is 192 Å². The molecule has 1 saturated heterocycles. The quantitative estimate of drug-likeness (QED) is 0.449. The average molecular weight is 468 g/mol. The summed E-state index contributed by atoms with van der Waals surface area (Å²) in [6, 6.07) is 12.0. The van der Waals surface area contributed by atoms with Crippen LogP contribution in [-0.2, 0) is 17.1 Å². The van der Waals surface area contributed by atoms with E-state index in [4.69, 9.17) is 0 Å². The van der Waals surface area contributed by atoms with Gasteiger partial charge in [-0.05, 0) is 61.4 Å². The first kappa shape index (κ1) is 21.7. The third-order valence-electron chi connectivity index (χ3n) is 6.46. The largest absolute Gasteiger partial charge is 0.370 e. The standard InChI is InChI=1S/C24H26FN5O2S/c1-17-12-24-18(14-26-30(24)20-6-4-19(25)5-7-20)13-23(17)29-11-8-21(15-29)28(3)33(31,32)22-9-10-27(2)16-22/h4-7,9-10,12-14,16,21H,8,11,15H2,1-3H3/t21-/m0/s1. The predicted octanol–water partition coefficient (Wildman–Crippen LogP) is 3.71. The zero-order valence-corrected chi connectivity index (χ0v) is 19.6. The minimum atomic E-state index is -3.54. The molecule has 4 aromatic rings. The van der Waals surface area contributed by atoms with E-state index in [1.165, 1.54) is 16.4 Å². The molecule has 1 aliphatic heterocycles. The number of sulfonamides is 1. The van der Waals surface area contributed by atoms with Crippen LogP contribution >= 0.6 is 0 Å². The molecule has 5 rings (SSSR count). The second-order valence-corrected chi connectivity index (χ2v) is 10.7. The van der Waals surface area contributed by atoms with Crippen molar-refractivity contribution in [2.45, 2.75) is 24.3 Å². The molecular formula is C24H26FN5O2S. The van der Waals surface area contributed by atoms with E-state index in [0.717, 1.165) is 40.8 Å². The zero-order chi connectivity index (χ0) is 23.3. The van der Waals surface area contributed by atoms with Crippen molar-refractivity contribution >= 4 is 26.6 Å². The van der Waals surface area contributed by atoms with Gasteiger partial charge in [0.05, 0.1) is 22.3 Å². The normalized spacial score (nSPS) is 16.9. The molecule has 3 heterocycles. The van der Waals surface area contributed by atoms with E-state index < -0.39 is 10.0 Å². The molecule has 7 nitrogen and oxygen atoms in total. The number of rotatable bonds is 5. The van der Waals surface area contributed by atoms with E-state index in [-0.39, 0.29) is 11.9 Å². The maximum Gasteiger partial charge on any atom is 0.244 e. The summed E-state index contributed by atoms with van der Waals surface area (Å²) in [5.74, 6) is -0.281. The van der Waals surface area contributed by atoms with Crippen LogP contribution in [-0.4, -0.2) is 53.2 Å². The van der Waals surface area contributed by atoms with Crippen molar-refractivity contribution in [2.75, 3.05) is 25.0 Å². The van der Waals surface area contributed by atoms with E-state index in [2.05, 4.69) is 29.1 Å². The van der Waals surface area contributed by atoms with E-state index in [1.54, 1.807) is 53.1 Å². The Morgan fingerprint density at radius 3 is 2.61 bits per heavy atom. The minimum Gasteiger partial charge on any atom is -0.370 e. The monoisotopic (exact) mass is 467 g/mol. The first-order valence-electron chi connectivity index (χ1n) is 10.8. The van der Waals surface area contributed by atoms with Crippen LogP contribution in [0, 0.1) is 12.7 Å². The van der Waals surface area contributed by atoms with E-state index in [9.17, 15) is 12.8 Å². The lowest BCUT2D eigenvalue weighted by atomic mass is 10.1. The molecular weight excluding hydrogens is 441 g/mol. The zero-order valence-electron chi connectivity index (χ0n) is 18.8. The summed E-state index contributed by atoms with van der Waals surface area (Å²) in [7, 11) is -0.0577. The molecule has 0 N–H and O–H groups in total. The first-order chi connectivity index (χ1) is 15.7. The number of nitrogens with zero attached hydrogens (tertiary/aromatic N) is 5. The predicted molar refractivity (Wildman–Crippen MR) is 127 cm³/mol. The highest BCUT2D eigenvalue weighted by Crippen LogP contribution is 2.32. The van der Waals surface area contributed by atoms with Crippen LogP contribution in [0.2, 0.25) is 0 Å². The van der Waals surface area contributed by atoms with Gasteiger partial charge in [0.15, 0.2) is 0 Å². The van der Waals surface area contributed by atoms with Crippen LogP contribution in [0.25, 0.3) is 16.6 Å².